The first kappa shape index (κ1) is 17.5. The minimum atomic E-state index is -0.0768. The lowest BCUT2D eigenvalue weighted by Gasteiger charge is -2.21. The first-order chi connectivity index (χ1) is 12.3. The van der Waals surface area contributed by atoms with E-state index in [1.54, 1.807) is 18.7 Å². The van der Waals surface area contributed by atoms with E-state index in [2.05, 4.69) is 27.5 Å². The summed E-state index contributed by atoms with van der Waals surface area (Å²) >= 11 is 0. The highest BCUT2D eigenvalue weighted by Crippen LogP contribution is 2.29. The monoisotopic (exact) mass is 341 g/mol. The molecule has 6 nitrogen and oxygen atoms in total. The standard InChI is InChI=1S/C19H27N5O/c1-2-3-5-16-6-4-7-17(16)23-19(25)22-13-15-8-9-18(21-12-15)24-11-10-20-14-24/h8-12,14,16-17H,2-7,13H2,1H3,(H2,22,23,25). The van der Waals surface area contributed by atoms with E-state index in [0.29, 0.717) is 18.5 Å². The van der Waals surface area contributed by atoms with Crippen molar-refractivity contribution in [1.82, 2.24) is 25.2 Å². The zero-order valence-electron chi connectivity index (χ0n) is 14.8. The van der Waals surface area contributed by atoms with Crippen molar-refractivity contribution < 1.29 is 4.79 Å². The van der Waals surface area contributed by atoms with Gasteiger partial charge in [-0.25, -0.2) is 14.8 Å². The lowest BCUT2D eigenvalue weighted by Crippen LogP contribution is -2.43. The number of carbonyl (C=O) groups is 1. The smallest absolute Gasteiger partial charge is 0.315 e. The van der Waals surface area contributed by atoms with Gasteiger partial charge in [-0.05, 0) is 36.8 Å². The molecule has 2 N–H and O–H groups in total. The molecule has 2 heterocycles. The Morgan fingerprint density at radius 2 is 2.28 bits per heavy atom. The highest BCUT2D eigenvalue weighted by molar-refractivity contribution is 5.74. The van der Waals surface area contributed by atoms with E-state index in [-0.39, 0.29) is 6.03 Å². The molecule has 1 saturated carbocycles. The molecule has 2 aromatic heterocycles. The van der Waals surface area contributed by atoms with Crippen LogP contribution < -0.4 is 10.6 Å². The Morgan fingerprint density at radius 1 is 1.36 bits per heavy atom. The third-order valence-corrected chi connectivity index (χ3v) is 4.94. The minimum Gasteiger partial charge on any atom is -0.335 e. The van der Waals surface area contributed by atoms with Gasteiger partial charge in [0.15, 0.2) is 0 Å². The third-order valence-electron chi connectivity index (χ3n) is 4.94. The van der Waals surface area contributed by atoms with Gasteiger partial charge in [-0.1, -0.05) is 32.3 Å². The predicted octanol–water partition coefficient (Wildman–Crippen LogP) is 3.43. The van der Waals surface area contributed by atoms with E-state index in [4.69, 9.17) is 0 Å². The number of aromatic nitrogens is 3. The van der Waals surface area contributed by atoms with Gasteiger partial charge < -0.3 is 10.6 Å². The predicted molar refractivity (Wildman–Crippen MR) is 97.4 cm³/mol. The van der Waals surface area contributed by atoms with E-state index < -0.39 is 0 Å². The first-order valence-corrected chi connectivity index (χ1v) is 9.24. The first-order valence-electron chi connectivity index (χ1n) is 9.24. The number of pyridine rings is 1. The highest BCUT2D eigenvalue weighted by atomic mass is 16.2. The number of hydrogen-bond donors (Lipinski definition) is 2. The summed E-state index contributed by atoms with van der Waals surface area (Å²) in [7, 11) is 0. The van der Waals surface area contributed by atoms with Gasteiger partial charge in [0, 0.05) is 31.2 Å². The van der Waals surface area contributed by atoms with Gasteiger partial charge in [-0.15, -0.1) is 0 Å². The van der Waals surface area contributed by atoms with Crippen molar-refractivity contribution >= 4 is 6.03 Å². The largest absolute Gasteiger partial charge is 0.335 e. The van der Waals surface area contributed by atoms with Crippen LogP contribution in [-0.4, -0.2) is 26.6 Å². The molecule has 0 aliphatic heterocycles. The second kappa shape index (κ2) is 8.65. The van der Waals surface area contributed by atoms with Crippen molar-refractivity contribution in [3.05, 3.63) is 42.6 Å². The number of nitrogens with one attached hydrogen (secondary N) is 2. The van der Waals surface area contributed by atoms with Gasteiger partial charge in [-0.2, -0.15) is 0 Å². The molecule has 2 unspecified atom stereocenters. The van der Waals surface area contributed by atoms with Gasteiger partial charge in [0.2, 0.25) is 0 Å². The molecule has 1 aliphatic rings. The van der Waals surface area contributed by atoms with E-state index in [9.17, 15) is 4.79 Å². The number of amides is 2. The zero-order valence-corrected chi connectivity index (χ0v) is 14.8. The lowest BCUT2D eigenvalue weighted by atomic mass is 9.97. The second-order valence-corrected chi connectivity index (χ2v) is 6.76. The Kier molecular flexibility index (Phi) is 6.04. The van der Waals surface area contributed by atoms with Crippen LogP contribution in [0.25, 0.3) is 5.82 Å². The average molecular weight is 341 g/mol. The molecule has 0 radical (unpaired) electrons. The average Bonchev–Trinajstić information content (AvgIpc) is 3.31. The summed E-state index contributed by atoms with van der Waals surface area (Å²) in [6, 6.07) is 4.15. The summed E-state index contributed by atoms with van der Waals surface area (Å²) < 4.78 is 1.85. The number of imidazole rings is 1. The fourth-order valence-corrected chi connectivity index (χ4v) is 3.51. The van der Waals surface area contributed by atoms with Crippen LogP contribution in [0.5, 0.6) is 0 Å². The number of unbranched alkanes of at least 4 members (excludes halogenated alkanes) is 1. The highest BCUT2D eigenvalue weighted by Gasteiger charge is 2.27. The summed E-state index contributed by atoms with van der Waals surface area (Å²) in [6.45, 7) is 2.70. The summed E-state index contributed by atoms with van der Waals surface area (Å²) in [5, 5.41) is 6.11. The maximum atomic E-state index is 12.2. The molecule has 0 bridgehead atoms. The van der Waals surface area contributed by atoms with Crippen molar-refractivity contribution in [3.63, 3.8) is 0 Å². The Labute approximate surface area is 149 Å². The number of hydrogen-bond acceptors (Lipinski definition) is 3. The molecule has 1 fully saturated rings. The lowest BCUT2D eigenvalue weighted by molar-refractivity contribution is 0.232. The second-order valence-electron chi connectivity index (χ2n) is 6.76. The van der Waals surface area contributed by atoms with Gasteiger partial charge in [0.1, 0.15) is 12.1 Å². The van der Waals surface area contributed by atoms with Crippen molar-refractivity contribution in [2.45, 2.75) is 58.0 Å². The van der Waals surface area contributed by atoms with Gasteiger partial charge in [0.25, 0.3) is 0 Å². The molecule has 2 aromatic rings. The molecule has 1 aliphatic carbocycles. The number of urea groups is 1. The van der Waals surface area contributed by atoms with Crippen LogP contribution in [0.3, 0.4) is 0 Å². The molecule has 0 saturated heterocycles. The summed E-state index contributed by atoms with van der Waals surface area (Å²) in [5.41, 5.74) is 0.980. The molecular weight excluding hydrogens is 314 g/mol. The molecule has 3 rings (SSSR count). The Bertz CT molecular complexity index is 653. The molecular formula is C19H27N5O. The molecule has 6 heteroatoms. The van der Waals surface area contributed by atoms with Crippen LogP contribution in [0.4, 0.5) is 4.79 Å². The zero-order chi connectivity index (χ0) is 17.5. The van der Waals surface area contributed by atoms with Crippen LogP contribution >= 0.6 is 0 Å². The quantitative estimate of drug-likeness (QED) is 0.810. The maximum Gasteiger partial charge on any atom is 0.315 e. The van der Waals surface area contributed by atoms with Crippen LogP contribution in [0.15, 0.2) is 37.1 Å². The SMILES string of the molecule is CCCCC1CCCC1NC(=O)NCc1ccc(-n2ccnc2)nc1. The van der Waals surface area contributed by atoms with Gasteiger partial charge in [0.05, 0.1) is 0 Å². The summed E-state index contributed by atoms with van der Waals surface area (Å²) in [4.78, 5) is 20.6. The molecule has 2 amide bonds. The molecule has 0 aromatic carbocycles. The summed E-state index contributed by atoms with van der Waals surface area (Å²) in [5.74, 6) is 1.46. The van der Waals surface area contributed by atoms with Gasteiger partial charge in [-0.3, -0.25) is 4.57 Å². The molecule has 25 heavy (non-hydrogen) atoms. The van der Waals surface area contributed by atoms with E-state index in [1.165, 1.54) is 32.1 Å². The van der Waals surface area contributed by atoms with Crippen molar-refractivity contribution in [3.8, 4) is 5.82 Å². The van der Waals surface area contributed by atoms with Crippen LogP contribution in [0.2, 0.25) is 0 Å². The van der Waals surface area contributed by atoms with Crippen LogP contribution in [0, 0.1) is 5.92 Å². The fraction of sp³-hybridized carbons (Fsp3) is 0.526. The Hall–Kier alpha value is -2.37. The van der Waals surface area contributed by atoms with E-state index in [1.807, 2.05) is 22.9 Å². The van der Waals surface area contributed by atoms with Gasteiger partial charge >= 0.3 is 6.03 Å². The molecule has 2 atom stereocenters. The maximum absolute atomic E-state index is 12.2. The fourth-order valence-electron chi connectivity index (χ4n) is 3.51. The molecule has 134 valence electrons. The minimum absolute atomic E-state index is 0.0768. The number of nitrogens with zero attached hydrogens (tertiary/aromatic N) is 3. The van der Waals surface area contributed by atoms with Crippen LogP contribution in [0.1, 0.15) is 51.0 Å². The topological polar surface area (TPSA) is 71.8 Å². The summed E-state index contributed by atoms with van der Waals surface area (Å²) in [6.07, 6.45) is 14.3. The molecule has 0 spiro atoms. The van der Waals surface area contributed by atoms with Crippen molar-refractivity contribution in [2.75, 3.05) is 0 Å². The van der Waals surface area contributed by atoms with Crippen molar-refractivity contribution in [2.24, 2.45) is 5.92 Å². The van der Waals surface area contributed by atoms with Crippen LogP contribution in [-0.2, 0) is 6.54 Å². The normalized spacial score (nSPS) is 19.7. The van der Waals surface area contributed by atoms with E-state index in [0.717, 1.165) is 17.8 Å². The van der Waals surface area contributed by atoms with E-state index >= 15 is 0 Å². The number of carbonyl (C=O) groups excluding carboxylic acids is 1. The Morgan fingerprint density at radius 3 is 3.00 bits per heavy atom. The third kappa shape index (κ3) is 4.81. The number of rotatable bonds is 7. The van der Waals surface area contributed by atoms with Crippen molar-refractivity contribution in [1.29, 1.82) is 0 Å². The Balaban J connectivity index is 1.45.